The fraction of sp³-hybridized carbons (Fsp3) is 0.684. The van der Waals surface area contributed by atoms with Crippen LogP contribution in [0.5, 0.6) is 0 Å². The Morgan fingerprint density at radius 3 is 2.54 bits per heavy atom. The molecule has 0 spiro atoms. The van der Waals surface area contributed by atoms with Crippen molar-refractivity contribution in [3.8, 4) is 0 Å². The maximum absolute atomic E-state index is 12.7. The second-order valence-corrected chi connectivity index (χ2v) is 7.13. The lowest BCUT2D eigenvalue weighted by Gasteiger charge is -2.24. The number of hydrogen-bond donors (Lipinski definition) is 2. The number of carbonyl (C=O) groups excluding carboxylic acids is 2. The van der Waals surface area contributed by atoms with Gasteiger partial charge in [-0.3, -0.25) is 9.59 Å². The highest BCUT2D eigenvalue weighted by Gasteiger charge is 2.45. The van der Waals surface area contributed by atoms with Gasteiger partial charge < -0.3 is 15.3 Å². The third kappa shape index (κ3) is 4.69. The Balaban J connectivity index is 1.88. The second kappa shape index (κ2) is 8.47. The third-order valence-electron chi connectivity index (χ3n) is 5.19. The van der Waals surface area contributed by atoms with Gasteiger partial charge in [0.05, 0.1) is 17.9 Å². The van der Waals surface area contributed by atoms with Crippen molar-refractivity contribution in [2.75, 3.05) is 13.6 Å². The lowest BCUT2D eigenvalue weighted by molar-refractivity contribution is -0.139. The summed E-state index contributed by atoms with van der Waals surface area (Å²) in [6, 6.07) is 0.153. The normalized spacial score (nSPS) is 31.3. The monoisotopic (exact) mass is 334 g/mol. The predicted molar refractivity (Wildman–Crippen MR) is 94.1 cm³/mol. The highest BCUT2D eigenvalue weighted by molar-refractivity contribution is 5.88. The Morgan fingerprint density at radius 1 is 1.21 bits per heavy atom. The first-order valence-corrected chi connectivity index (χ1v) is 8.94. The molecular weight excluding hydrogens is 304 g/mol. The van der Waals surface area contributed by atoms with Crippen LogP contribution in [0, 0.1) is 17.8 Å². The van der Waals surface area contributed by atoms with Crippen LogP contribution in [0.15, 0.2) is 25.3 Å². The summed E-state index contributed by atoms with van der Waals surface area (Å²) in [4.78, 5) is 26.9. The van der Waals surface area contributed by atoms with Crippen LogP contribution in [0.3, 0.4) is 0 Å². The minimum absolute atomic E-state index is 0.0265. The summed E-state index contributed by atoms with van der Waals surface area (Å²) >= 11 is 0. The van der Waals surface area contributed by atoms with Crippen LogP contribution >= 0.6 is 0 Å². The van der Waals surface area contributed by atoms with Gasteiger partial charge in [0.25, 0.3) is 0 Å². The number of amides is 2. The van der Waals surface area contributed by atoms with Crippen LogP contribution in [-0.4, -0.2) is 47.6 Å². The van der Waals surface area contributed by atoms with Gasteiger partial charge in [-0.05, 0) is 44.4 Å². The first kappa shape index (κ1) is 18.7. The number of aliphatic hydroxyl groups is 1. The van der Waals surface area contributed by atoms with Gasteiger partial charge >= 0.3 is 0 Å². The average Bonchev–Trinajstić information content (AvgIpc) is 3.20. The number of carbonyl (C=O) groups is 2. The van der Waals surface area contributed by atoms with Crippen LogP contribution in [0.25, 0.3) is 0 Å². The molecule has 0 saturated heterocycles. The number of hydrogen-bond acceptors (Lipinski definition) is 3. The molecule has 5 nitrogen and oxygen atoms in total. The average molecular weight is 334 g/mol. The molecule has 5 atom stereocenters. The summed E-state index contributed by atoms with van der Waals surface area (Å²) < 4.78 is 0. The van der Waals surface area contributed by atoms with Crippen LogP contribution in [0.2, 0.25) is 0 Å². The van der Waals surface area contributed by atoms with Gasteiger partial charge in [0, 0.05) is 19.6 Å². The molecule has 0 aromatic heterocycles. The zero-order chi connectivity index (χ0) is 17.7. The van der Waals surface area contributed by atoms with E-state index in [1.807, 2.05) is 12.2 Å². The van der Waals surface area contributed by atoms with E-state index < -0.39 is 17.9 Å². The molecule has 2 rings (SSSR count). The molecule has 0 aliphatic heterocycles. The van der Waals surface area contributed by atoms with Crippen LogP contribution < -0.4 is 5.32 Å². The van der Waals surface area contributed by atoms with E-state index in [4.69, 9.17) is 0 Å². The van der Waals surface area contributed by atoms with Gasteiger partial charge in [-0.15, -0.1) is 13.2 Å². The SMILES string of the molecule is C=CCCCCN(C)C(=O)[C@@H]1C[C@@H](O)C[C@H]1C(=O)N[C@@H]1C[C@H]1C=C. The van der Waals surface area contributed by atoms with Gasteiger partial charge in [0.2, 0.25) is 11.8 Å². The fourth-order valence-electron chi connectivity index (χ4n) is 3.54. The molecule has 2 N–H and O–H groups in total. The van der Waals surface area contributed by atoms with Gasteiger partial charge in [-0.1, -0.05) is 12.2 Å². The van der Waals surface area contributed by atoms with Gasteiger partial charge in [0.15, 0.2) is 0 Å². The molecule has 0 bridgehead atoms. The number of allylic oxidation sites excluding steroid dienone is 1. The zero-order valence-electron chi connectivity index (χ0n) is 14.6. The molecular formula is C19H30N2O3. The highest BCUT2D eigenvalue weighted by atomic mass is 16.3. The first-order chi connectivity index (χ1) is 11.5. The number of nitrogens with zero attached hydrogens (tertiary/aromatic N) is 1. The summed E-state index contributed by atoms with van der Waals surface area (Å²) in [5.74, 6) is -0.609. The topological polar surface area (TPSA) is 69.6 Å². The van der Waals surface area contributed by atoms with E-state index in [-0.39, 0.29) is 17.9 Å². The Labute approximate surface area is 144 Å². The number of unbranched alkanes of at least 4 members (excludes halogenated alkanes) is 2. The quantitative estimate of drug-likeness (QED) is 0.500. The lowest BCUT2D eigenvalue weighted by Crippen LogP contribution is -2.41. The third-order valence-corrected chi connectivity index (χ3v) is 5.19. The first-order valence-electron chi connectivity index (χ1n) is 8.94. The Morgan fingerprint density at radius 2 is 1.92 bits per heavy atom. The standard InChI is InChI=1S/C19H30N2O3/c1-4-6-7-8-9-21(3)19(24)16-12-14(22)11-15(16)18(23)20-17-10-13(17)5-2/h4-5,13-17,22H,1-2,6-12H2,3H3,(H,20,23)/t13-,14+,15-,16-,17-/m1/s1. The maximum Gasteiger partial charge on any atom is 0.226 e. The molecule has 2 aliphatic rings. The molecule has 2 amide bonds. The van der Waals surface area contributed by atoms with Crippen LogP contribution in [0.1, 0.15) is 38.5 Å². The Kier molecular flexibility index (Phi) is 6.60. The van der Waals surface area contributed by atoms with Gasteiger partial charge in [0.1, 0.15) is 0 Å². The molecule has 0 aromatic rings. The van der Waals surface area contributed by atoms with Crippen molar-refractivity contribution in [1.82, 2.24) is 10.2 Å². The van der Waals surface area contributed by atoms with Crippen molar-refractivity contribution in [3.63, 3.8) is 0 Å². The molecule has 0 aromatic carbocycles. The Hall–Kier alpha value is -1.62. The van der Waals surface area contributed by atoms with Crippen molar-refractivity contribution in [2.24, 2.45) is 17.8 Å². The van der Waals surface area contributed by atoms with E-state index in [2.05, 4.69) is 18.5 Å². The van der Waals surface area contributed by atoms with Crippen LogP contribution in [-0.2, 0) is 9.59 Å². The van der Waals surface area contributed by atoms with E-state index in [9.17, 15) is 14.7 Å². The van der Waals surface area contributed by atoms with Crippen molar-refractivity contribution in [3.05, 3.63) is 25.3 Å². The summed E-state index contributed by atoms with van der Waals surface area (Å²) in [7, 11) is 1.78. The smallest absolute Gasteiger partial charge is 0.226 e. The van der Waals surface area contributed by atoms with E-state index in [1.165, 1.54) is 0 Å². The molecule has 24 heavy (non-hydrogen) atoms. The minimum Gasteiger partial charge on any atom is -0.393 e. The van der Waals surface area contributed by atoms with Gasteiger partial charge in [-0.25, -0.2) is 0 Å². The largest absolute Gasteiger partial charge is 0.393 e. The van der Waals surface area contributed by atoms with E-state index in [0.717, 1.165) is 25.7 Å². The molecule has 5 heteroatoms. The van der Waals surface area contributed by atoms with Crippen molar-refractivity contribution in [1.29, 1.82) is 0 Å². The summed E-state index contributed by atoms with van der Waals surface area (Å²) in [5, 5.41) is 13.0. The maximum atomic E-state index is 12.7. The van der Waals surface area contributed by atoms with Crippen molar-refractivity contribution < 1.29 is 14.7 Å². The molecule has 2 aliphatic carbocycles. The van der Waals surface area contributed by atoms with Crippen LogP contribution in [0.4, 0.5) is 0 Å². The molecule has 0 unspecified atom stereocenters. The minimum atomic E-state index is -0.571. The molecule has 2 fully saturated rings. The molecule has 2 saturated carbocycles. The fourth-order valence-corrected chi connectivity index (χ4v) is 3.54. The summed E-state index contributed by atoms with van der Waals surface area (Å²) in [6.07, 6.45) is 7.71. The van der Waals surface area contributed by atoms with Crippen molar-refractivity contribution >= 4 is 11.8 Å². The van der Waals surface area contributed by atoms with Crippen molar-refractivity contribution in [2.45, 2.75) is 50.7 Å². The highest BCUT2D eigenvalue weighted by Crippen LogP contribution is 2.36. The molecule has 0 radical (unpaired) electrons. The predicted octanol–water partition coefficient (Wildman–Crippen LogP) is 1.88. The summed E-state index contributed by atoms with van der Waals surface area (Å²) in [6.45, 7) is 8.11. The Bertz CT molecular complexity index is 491. The second-order valence-electron chi connectivity index (χ2n) is 7.13. The van der Waals surface area contributed by atoms with Gasteiger partial charge in [-0.2, -0.15) is 0 Å². The summed E-state index contributed by atoms with van der Waals surface area (Å²) in [5.41, 5.74) is 0. The molecule has 134 valence electrons. The number of rotatable bonds is 9. The van der Waals surface area contributed by atoms with E-state index in [0.29, 0.717) is 25.3 Å². The van der Waals surface area contributed by atoms with E-state index in [1.54, 1.807) is 11.9 Å². The lowest BCUT2D eigenvalue weighted by atomic mass is 9.93. The zero-order valence-corrected chi connectivity index (χ0v) is 14.6. The number of aliphatic hydroxyl groups excluding tert-OH is 1. The molecule has 0 heterocycles. The number of nitrogens with one attached hydrogen (secondary N) is 1. The van der Waals surface area contributed by atoms with E-state index >= 15 is 0 Å².